The summed E-state index contributed by atoms with van der Waals surface area (Å²) in [5.41, 5.74) is 1.00. The Morgan fingerprint density at radius 2 is 2.35 bits per heavy atom. The Hall–Kier alpha value is -1.25. The van der Waals surface area contributed by atoms with Gasteiger partial charge in [0.25, 0.3) is 0 Å². The highest BCUT2D eigenvalue weighted by Crippen LogP contribution is 2.31. The molecule has 3 nitrogen and oxygen atoms in total. The van der Waals surface area contributed by atoms with Crippen molar-refractivity contribution in [1.82, 2.24) is 0 Å². The van der Waals surface area contributed by atoms with Crippen LogP contribution in [0.15, 0.2) is 24.0 Å². The monoisotopic (exact) mass is 238 g/mol. The van der Waals surface area contributed by atoms with Gasteiger partial charge in [-0.3, -0.25) is 0 Å². The van der Waals surface area contributed by atoms with E-state index < -0.39 is 0 Å². The Balaban J connectivity index is 2.54. The third-order valence-corrected chi connectivity index (χ3v) is 3.26. The molecule has 96 valence electrons. The van der Waals surface area contributed by atoms with Crippen molar-refractivity contribution in [2.45, 2.75) is 52.1 Å². The maximum atomic E-state index is 11.3. The highest BCUT2D eigenvalue weighted by atomic mass is 16.6. The zero-order valence-corrected chi connectivity index (χ0v) is 11.0. The van der Waals surface area contributed by atoms with Crippen molar-refractivity contribution in [3.05, 3.63) is 24.0 Å². The molecule has 0 aromatic heterocycles. The van der Waals surface area contributed by atoms with Gasteiger partial charge in [-0.2, -0.15) is 0 Å². The van der Waals surface area contributed by atoms with Gasteiger partial charge < -0.3 is 9.47 Å². The van der Waals surface area contributed by atoms with E-state index in [1.54, 1.807) is 13.0 Å². The summed E-state index contributed by atoms with van der Waals surface area (Å²) in [7, 11) is 0. The average Bonchev–Trinajstić information content (AvgIpc) is 2.37. The Labute approximate surface area is 103 Å². The molecular formula is C14H22O3. The van der Waals surface area contributed by atoms with E-state index in [9.17, 15) is 4.79 Å². The zero-order valence-electron chi connectivity index (χ0n) is 11.0. The lowest BCUT2D eigenvalue weighted by atomic mass is 9.90. The van der Waals surface area contributed by atoms with Crippen molar-refractivity contribution in [1.29, 1.82) is 0 Å². The van der Waals surface area contributed by atoms with Gasteiger partial charge in [0, 0.05) is 6.08 Å². The largest absolute Gasteiger partial charge is 0.491 e. The van der Waals surface area contributed by atoms with Crippen LogP contribution in [0.4, 0.5) is 0 Å². The molecule has 1 aliphatic rings. The summed E-state index contributed by atoms with van der Waals surface area (Å²) < 4.78 is 11.0. The van der Waals surface area contributed by atoms with Crippen LogP contribution in [0.25, 0.3) is 0 Å². The summed E-state index contributed by atoms with van der Waals surface area (Å²) in [6, 6.07) is 0. The second kappa shape index (κ2) is 6.48. The fraction of sp³-hybridized carbons (Fsp3) is 0.643. The molecule has 0 fully saturated rings. The molecule has 0 aliphatic carbocycles. The molecule has 1 atom stereocenters. The molecule has 0 N–H and O–H groups in total. The minimum absolute atomic E-state index is 0.297. The van der Waals surface area contributed by atoms with Crippen molar-refractivity contribution in [2.24, 2.45) is 0 Å². The predicted octanol–water partition coefficient (Wildman–Crippen LogP) is 3.36. The summed E-state index contributed by atoms with van der Waals surface area (Å²) in [6.07, 6.45) is 8.79. The second-order valence-electron chi connectivity index (χ2n) is 4.39. The van der Waals surface area contributed by atoms with E-state index in [0.29, 0.717) is 6.61 Å². The summed E-state index contributed by atoms with van der Waals surface area (Å²) in [5.74, 6) is -0.297. The second-order valence-corrected chi connectivity index (χ2v) is 4.39. The highest BCUT2D eigenvalue weighted by Gasteiger charge is 2.33. The summed E-state index contributed by atoms with van der Waals surface area (Å²) in [5, 5.41) is 0. The van der Waals surface area contributed by atoms with E-state index in [2.05, 4.69) is 13.8 Å². The van der Waals surface area contributed by atoms with Crippen molar-refractivity contribution in [3.8, 4) is 0 Å². The van der Waals surface area contributed by atoms with Crippen LogP contribution in [0.3, 0.4) is 0 Å². The molecule has 0 aromatic rings. The molecule has 1 aliphatic heterocycles. The summed E-state index contributed by atoms with van der Waals surface area (Å²) in [6.45, 7) is 6.32. The van der Waals surface area contributed by atoms with Gasteiger partial charge in [0.15, 0.2) is 0 Å². The minimum atomic E-state index is -0.324. The highest BCUT2D eigenvalue weighted by molar-refractivity contribution is 5.81. The standard InChI is InChI=1S/C14H22O3/c1-4-7-13(15)16-11-14(6-3)9-8-12(5-2)10-17-14/h4,7,10H,5-6,8-9,11H2,1-3H3/b7-4+. The molecule has 1 rings (SSSR count). The number of esters is 1. The van der Waals surface area contributed by atoms with E-state index in [0.717, 1.165) is 25.7 Å². The van der Waals surface area contributed by atoms with Crippen molar-refractivity contribution in [2.75, 3.05) is 6.61 Å². The first-order valence-corrected chi connectivity index (χ1v) is 6.31. The van der Waals surface area contributed by atoms with Gasteiger partial charge in [-0.15, -0.1) is 0 Å². The molecule has 1 heterocycles. The maximum absolute atomic E-state index is 11.3. The average molecular weight is 238 g/mol. The van der Waals surface area contributed by atoms with Gasteiger partial charge in [-0.05, 0) is 38.2 Å². The number of carbonyl (C=O) groups excluding carboxylic acids is 1. The smallest absolute Gasteiger partial charge is 0.330 e. The first kappa shape index (κ1) is 13.8. The summed E-state index contributed by atoms with van der Waals surface area (Å²) in [4.78, 5) is 11.3. The molecule has 0 saturated carbocycles. The molecule has 0 amide bonds. The van der Waals surface area contributed by atoms with E-state index in [4.69, 9.17) is 9.47 Å². The van der Waals surface area contributed by atoms with Gasteiger partial charge in [0.1, 0.15) is 12.2 Å². The first-order valence-electron chi connectivity index (χ1n) is 6.31. The SMILES string of the molecule is C/C=C/C(=O)OCC1(CC)CCC(CC)=CO1. The molecule has 17 heavy (non-hydrogen) atoms. The number of hydrogen-bond donors (Lipinski definition) is 0. The number of rotatable bonds is 5. The molecular weight excluding hydrogens is 216 g/mol. The van der Waals surface area contributed by atoms with E-state index >= 15 is 0 Å². The van der Waals surface area contributed by atoms with E-state index in [1.807, 2.05) is 6.26 Å². The van der Waals surface area contributed by atoms with Gasteiger partial charge in [-0.25, -0.2) is 4.79 Å². The van der Waals surface area contributed by atoms with Crippen LogP contribution in [-0.2, 0) is 14.3 Å². The van der Waals surface area contributed by atoms with Gasteiger partial charge in [-0.1, -0.05) is 19.9 Å². The Bertz CT molecular complexity index is 317. The van der Waals surface area contributed by atoms with Crippen LogP contribution in [-0.4, -0.2) is 18.2 Å². The quantitative estimate of drug-likeness (QED) is 0.544. The molecule has 0 aromatic carbocycles. The van der Waals surface area contributed by atoms with Crippen molar-refractivity contribution in [3.63, 3.8) is 0 Å². The fourth-order valence-electron chi connectivity index (χ4n) is 1.83. The minimum Gasteiger partial charge on any atom is -0.491 e. The normalized spacial score (nSPS) is 24.3. The molecule has 0 bridgehead atoms. The third kappa shape index (κ3) is 3.91. The predicted molar refractivity (Wildman–Crippen MR) is 67.5 cm³/mol. The maximum Gasteiger partial charge on any atom is 0.330 e. The number of hydrogen-bond acceptors (Lipinski definition) is 3. The fourth-order valence-corrected chi connectivity index (χ4v) is 1.83. The number of carbonyl (C=O) groups is 1. The first-order chi connectivity index (χ1) is 8.15. The van der Waals surface area contributed by atoms with Crippen molar-refractivity contribution < 1.29 is 14.3 Å². The Morgan fingerprint density at radius 3 is 2.82 bits per heavy atom. The van der Waals surface area contributed by atoms with Gasteiger partial charge in [0.05, 0.1) is 6.26 Å². The zero-order chi connectivity index (χ0) is 12.7. The van der Waals surface area contributed by atoms with Gasteiger partial charge in [0.2, 0.25) is 0 Å². The number of ether oxygens (including phenoxy) is 2. The summed E-state index contributed by atoms with van der Waals surface area (Å²) >= 11 is 0. The van der Waals surface area contributed by atoms with E-state index in [-0.39, 0.29) is 11.6 Å². The Morgan fingerprint density at radius 1 is 1.59 bits per heavy atom. The molecule has 0 saturated heterocycles. The van der Waals surface area contributed by atoms with Crippen LogP contribution < -0.4 is 0 Å². The lowest BCUT2D eigenvalue weighted by Gasteiger charge is -2.35. The topological polar surface area (TPSA) is 35.5 Å². The molecule has 0 spiro atoms. The van der Waals surface area contributed by atoms with Crippen LogP contribution in [0.2, 0.25) is 0 Å². The van der Waals surface area contributed by atoms with Crippen LogP contribution >= 0.6 is 0 Å². The van der Waals surface area contributed by atoms with E-state index in [1.165, 1.54) is 11.6 Å². The molecule has 3 heteroatoms. The lowest BCUT2D eigenvalue weighted by Crippen LogP contribution is -2.38. The number of allylic oxidation sites excluding steroid dienone is 2. The van der Waals surface area contributed by atoms with Gasteiger partial charge >= 0.3 is 5.97 Å². The lowest BCUT2D eigenvalue weighted by molar-refractivity contribution is -0.147. The molecule has 0 radical (unpaired) electrons. The van der Waals surface area contributed by atoms with Crippen molar-refractivity contribution >= 4 is 5.97 Å². The third-order valence-electron chi connectivity index (χ3n) is 3.26. The van der Waals surface area contributed by atoms with Crippen LogP contribution in [0, 0.1) is 0 Å². The Kier molecular flexibility index (Phi) is 5.26. The van der Waals surface area contributed by atoms with Crippen LogP contribution in [0.5, 0.6) is 0 Å². The molecule has 1 unspecified atom stereocenters. The van der Waals surface area contributed by atoms with Crippen LogP contribution in [0.1, 0.15) is 46.5 Å².